The molecule has 0 saturated carbocycles. The van der Waals surface area contributed by atoms with E-state index in [1.807, 2.05) is 0 Å². The van der Waals surface area contributed by atoms with Crippen molar-refractivity contribution < 1.29 is 9.90 Å². The number of carboxylic acids is 1. The highest BCUT2D eigenvalue weighted by atomic mass is 16.4. The molecular weight excluding hydrogens is 202 g/mol. The van der Waals surface area contributed by atoms with Crippen molar-refractivity contribution in [2.45, 2.75) is 65.3 Å². The Morgan fingerprint density at radius 1 is 1.19 bits per heavy atom. The van der Waals surface area contributed by atoms with Gasteiger partial charge >= 0.3 is 5.97 Å². The third-order valence-electron chi connectivity index (χ3n) is 2.99. The fourth-order valence-corrected chi connectivity index (χ4v) is 1.96. The summed E-state index contributed by atoms with van der Waals surface area (Å²) in [4.78, 5) is 12.9. The van der Waals surface area contributed by atoms with Crippen LogP contribution < -0.4 is 0 Å². The molecule has 1 unspecified atom stereocenters. The second kappa shape index (κ2) is 9.64. The van der Waals surface area contributed by atoms with Crippen LogP contribution in [0.25, 0.3) is 0 Å². The molecule has 0 aromatic carbocycles. The van der Waals surface area contributed by atoms with Gasteiger partial charge in [-0.2, -0.15) is 0 Å². The van der Waals surface area contributed by atoms with Gasteiger partial charge in [-0.15, -0.1) is 0 Å². The molecule has 0 aromatic heterocycles. The summed E-state index contributed by atoms with van der Waals surface area (Å²) in [5, 5.41) is 8.72. The summed E-state index contributed by atoms with van der Waals surface area (Å²) < 4.78 is 0. The van der Waals surface area contributed by atoms with Gasteiger partial charge in [0.2, 0.25) is 0 Å². The van der Waals surface area contributed by atoms with Crippen molar-refractivity contribution in [1.82, 2.24) is 4.90 Å². The van der Waals surface area contributed by atoms with Gasteiger partial charge in [0.05, 0.1) is 6.42 Å². The number of nitrogens with zero attached hydrogens (tertiary/aromatic N) is 1. The molecule has 96 valence electrons. The molecule has 0 heterocycles. The lowest BCUT2D eigenvalue weighted by Gasteiger charge is -2.28. The molecule has 3 heteroatoms. The number of hydrogen-bond donors (Lipinski definition) is 1. The number of unbranched alkanes of at least 4 members (excludes halogenated alkanes) is 2. The Bertz CT molecular complexity index is 183. The molecular formula is C13H27NO2. The predicted octanol–water partition coefficient (Wildman–Crippen LogP) is 3.14. The summed E-state index contributed by atoms with van der Waals surface area (Å²) in [5.74, 6) is -0.691. The smallest absolute Gasteiger partial charge is 0.304 e. The Hall–Kier alpha value is -0.570. The van der Waals surface area contributed by atoms with Crippen LogP contribution in [-0.2, 0) is 4.79 Å². The van der Waals surface area contributed by atoms with E-state index in [1.165, 1.54) is 25.7 Å². The maximum atomic E-state index is 10.6. The molecule has 16 heavy (non-hydrogen) atoms. The van der Waals surface area contributed by atoms with Crippen LogP contribution in [0.4, 0.5) is 0 Å². The van der Waals surface area contributed by atoms with Crippen LogP contribution in [0.3, 0.4) is 0 Å². The number of aliphatic carboxylic acids is 1. The molecule has 0 spiro atoms. The van der Waals surface area contributed by atoms with E-state index >= 15 is 0 Å². The van der Waals surface area contributed by atoms with Crippen LogP contribution in [0, 0.1) is 0 Å². The molecule has 0 amide bonds. The lowest BCUT2D eigenvalue weighted by atomic mass is 10.1. The van der Waals surface area contributed by atoms with E-state index in [-0.39, 0.29) is 6.42 Å². The Labute approximate surface area is 99.8 Å². The molecule has 3 nitrogen and oxygen atoms in total. The minimum atomic E-state index is -0.691. The first-order valence-corrected chi connectivity index (χ1v) is 6.57. The zero-order valence-corrected chi connectivity index (χ0v) is 11.0. The molecule has 1 N–H and O–H groups in total. The number of rotatable bonds is 10. The minimum absolute atomic E-state index is 0.264. The summed E-state index contributed by atoms with van der Waals surface area (Å²) in [6.45, 7) is 8.31. The zero-order chi connectivity index (χ0) is 12.4. The molecule has 0 saturated heterocycles. The highest BCUT2D eigenvalue weighted by molar-refractivity contribution is 5.66. The van der Waals surface area contributed by atoms with Crippen LogP contribution in [-0.4, -0.2) is 35.1 Å². The van der Waals surface area contributed by atoms with Crippen molar-refractivity contribution in [2.75, 3.05) is 13.1 Å². The minimum Gasteiger partial charge on any atom is -0.481 e. The molecule has 0 aliphatic rings. The number of carbonyl (C=O) groups is 1. The fraction of sp³-hybridized carbons (Fsp3) is 0.923. The SMILES string of the molecule is CCCCCN(CCC(=O)O)C(C)CCC. The summed E-state index contributed by atoms with van der Waals surface area (Å²) in [5.41, 5.74) is 0. The average Bonchev–Trinajstić information content (AvgIpc) is 2.23. The standard InChI is InChI=1S/C13H27NO2/c1-4-6-7-10-14(11-9-13(15)16)12(3)8-5-2/h12H,4-11H2,1-3H3,(H,15,16). The summed E-state index contributed by atoms with van der Waals surface area (Å²) >= 11 is 0. The van der Waals surface area contributed by atoms with E-state index in [1.54, 1.807) is 0 Å². The second-order valence-corrected chi connectivity index (χ2v) is 4.52. The van der Waals surface area contributed by atoms with Crippen LogP contribution in [0.2, 0.25) is 0 Å². The van der Waals surface area contributed by atoms with E-state index in [9.17, 15) is 4.79 Å². The molecule has 0 aliphatic heterocycles. The maximum Gasteiger partial charge on any atom is 0.304 e. The van der Waals surface area contributed by atoms with Crippen molar-refractivity contribution in [3.8, 4) is 0 Å². The normalized spacial score (nSPS) is 13.0. The number of hydrogen-bond acceptors (Lipinski definition) is 2. The van der Waals surface area contributed by atoms with E-state index in [0.717, 1.165) is 13.0 Å². The van der Waals surface area contributed by atoms with Gasteiger partial charge in [-0.25, -0.2) is 0 Å². The lowest BCUT2D eigenvalue weighted by Crippen LogP contribution is -2.35. The highest BCUT2D eigenvalue weighted by Crippen LogP contribution is 2.09. The lowest BCUT2D eigenvalue weighted by molar-refractivity contribution is -0.137. The van der Waals surface area contributed by atoms with Gasteiger partial charge in [0, 0.05) is 12.6 Å². The van der Waals surface area contributed by atoms with E-state index in [0.29, 0.717) is 12.6 Å². The van der Waals surface area contributed by atoms with Gasteiger partial charge in [-0.05, 0) is 26.3 Å². The topological polar surface area (TPSA) is 40.5 Å². The van der Waals surface area contributed by atoms with E-state index in [4.69, 9.17) is 5.11 Å². The molecule has 0 rings (SSSR count). The molecule has 0 fully saturated rings. The van der Waals surface area contributed by atoms with Gasteiger partial charge in [0.15, 0.2) is 0 Å². The van der Waals surface area contributed by atoms with Crippen LogP contribution in [0.5, 0.6) is 0 Å². The Balaban J connectivity index is 3.98. The third kappa shape index (κ3) is 7.69. The molecule has 0 aliphatic carbocycles. The first-order valence-electron chi connectivity index (χ1n) is 6.57. The van der Waals surface area contributed by atoms with Gasteiger partial charge in [0.1, 0.15) is 0 Å². The van der Waals surface area contributed by atoms with Crippen molar-refractivity contribution >= 4 is 5.97 Å². The van der Waals surface area contributed by atoms with Gasteiger partial charge in [-0.1, -0.05) is 33.1 Å². The van der Waals surface area contributed by atoms with Crippen molar-refractivity contribution in [2.24, 2.45) is 0 Å². The van der Waals surface area contributed by atoms with Crippen molar-refractivity contribution in [3.63, 3.8) is 0 Å². The summed E-state index contributed by atoms with van der Waals surface area (Å²) in [6, 6.07) is 0.515. The predicted molar refractivity (Wildman–Crippen MR) is 67.7 cm³/mol. The molecule has 1 atom stereocenters. The summed E-state index contributed by atoms with van der Waals surface area (Å²) in [7, 11) is 0. The maximum absolute atomic E-state index is 10.6. The molecule has 0 radical (unpaired) electrons. The quantitative estimate of drug-likeness (QED) is 0.585. The van der Waals surface area contributed by atoms with E-state index < -0.39 is 5.97 Å². The number of carboxylic acid groups (broad SMARTS) is 1. The summed E-state index contributed by atoms with van der Waals surface area (Å²) in [6.07, 6.45) is 6.23. The van der Waals surface area contributed by atoms with Crippen molar-refractivity contribution in [1.29, 1.82) is 0 Å². The zero-order valence-electron chi connectivity index (χ0n) is 11.0. The third-order valence-corrected chi connectivity index (χ3v) is 2.99. The largest absolute Gasteiger partial charge is 0.481 e. The van der Waals surface area contributed by atoms with Crippen LogP contribution in [0.1, 0.15) is 59.3 Å². The van der Waals surface area contributed by atoms with E-state index in [2.05, 4.69) is 25.7 Å². The van der Waals surface area contributed by atoms with Crippen LogP contribution >= 0.6 is 0 Å². The first-order chi connectivity index (χ1) is 7.61. The average molecular weight is 229 g/mol. The highest BCUT2D eigenvalue weighted by Gasteiger charge is 2.13. The molecule has 0 aromatic rings. The Kier molecular flexibility index (Phi) is 9.30. The van der Waals surface area contributed by atoms with Gasteiger partial charge in [0.25, 0.3) is 0 Å². The monoisotopic (exact) mass is 229 g/mol. The first kappa shape index (κ1) is 15.4. The molecule has 0 bridgehead atoms. The van der Waals surface area contributed by atoms with Gasteiger partial charge in [-0.3, -0.25) is 4.79 Å². The van der Waals surface area contributed by atoms with Crippen LogP contribution in [0.15, 0.2) is 0 Å². The van der Waals surface area contributed by atoms with Gasteiger partial charge < -0.3 is 10.0 Å². The Morgan fingerprint density at radius 2 is 1.88 bits per heavy atom. The van der Waals surface area contributed by atoms with Crippen molar-refractivity contribution in [3.05, 3.63) is 0 Å². The fourth-order valence-electron chi connectivity index (χ4n) is 1.96. The second-order valence-electron chi connectivity index (χ2n) is 4.52. The Morgan fingerprint density at radius 3 is 2.38 bits per heavy atom.